The van der Waals surface area contributed by atoms with Gasteiger partial charge in [0.2, 0.25) is 5.91 Å². The summed E-state index contributed by atoms with van der Waals surface area (Å²) in [6.45, 7) is 5.28. The molecule has 3 nitrogen and oxygen atoms in total. The Balaban J connectivity index is 1.90. The summed E-state index contributed by atoms with van der Waals surface area (Å²) < 4.78 is 0. The van der Waals surface area contributed by atoms with Crippen molar-refractivity contribution in [2.24, 2.45) is 11.8 Å². The Labute approximate surface area is 97.8 Å². The molecule has 0 aromatic heterocycles. The minimum absolute atomic E-state index is 0.248. The van der Waals surface area contributed by atoms with Gasteiger partial charge in [-0.05, 0) is 33.1 Å². The van der Waals surface area contributed by atoms with E-state index >= 15 is 0 Å². The van der Waals surface area contributed by atoms with Gasteiger partial charge in [0.1, 0.15) is 0 Å². The van der Waals surface area contributed by atoms with Gasteiger partial charge in [-0.1, -0.05) is 12.8 Å². The molecule has 1 aliphatic carbocycles. The minimum atomic E-state index is -0.648. The van der Waals surface area contributed by atoms with E-state index in [1.807, 2.05) is 18.7 Å². The second-order valence-corrected chi connectivity index (χ2v) is 5.90. The van der Waals surface area contributed by atoms with Crippen LogP contribution in [0, 0.1) is 11.8 Å². The maximum absolute atomic E-state index is 12.2. The highest BCUT2D eigenvalue weighted by Crippen LogP contribution is 2.31. The van der Waals surface area contributed by atoms with Gasteiger partial charge in [0.15, 0.2) is 0 Å². The third-order valence-electron chi connectivity index (χ3n) is 4.20. The molecular formula is C13H23NO2. The van der Waals surface area contributed by atoms with Gasteiger partial charge in [0.25, 0.3) is 0 Å². The molecule has 2 rings (SSSR count). The van der Waals surface area contributed by atoms with Gasteiger partial charge in [-0.15, -0.1) is 0 Å². The summed E-state index contributed by atoms with van der Waals surface area (Å²) in [6, 6.07) is 0. The number of hydrogen-bond donors (Lipinski definition) is 1. The number of aliphatic hydroxyl groups is 1. The fraction of sp³-hybridized carbons (Fsp3) is 0.923. The number of hydrogen-bond acceptors (Lipinski definition) is 2. The fourth-order valence-corrected chi connectivity index (χ4v) is 2.97. The van der Waals surface area contributed by atoms with Crippen molar-refractivity contribution in [1.82, 2.24) is 4.90 Å². The molecule has 3 heteroatoms. The highest BCUT2D eigenvalue weighted by Gasteiger charge is 2.37. The fourth-order valence-electron chi connectivity index (χ4n) is 2.97. The predicted molar refractivity (Wildman–Crippen MR) is 62.9 cm³/mol. The summed E-state index contributed by atoms with van der Waals surface area (Å²) in [5.41, 5.74) is -0.648. The van der Waals surface area contributed by atoms with Gasteiger partial charge in [0.05, 0.1) is 5.60 Å². The lowest BCUT2D eigenvalue weighted by Crippen LogP contribution is -2.37. The molecule has 16 heavy (non-hydrogen) atoms. The molecule has 1 saturated heterocycles. The summed E-state index contributed by atoms with van der Waals surface area (Å²) in [7, 11) is 0. The summed E-state index contributed by atoms with van der Waals surface area (Å²) in [6.07, 6.45) is 5.51. The van der Waals surface area contributed by atoms with E-state index in [1.54, 1.807) is 0 Å². The Morgan fingerprint density at radius 1 is 1.25 bits per heavy atom. The van der Waals surface area contributed by atoms with Crippen LogP contribution in [0.3, 0.4) is 0 Å². The van der Waals surface area contributed by atoms with Crippen LogP contribution in [0.4, 0.5) is 0 Å². The molecule has 0 aromatic rings. The van der Waals surface area contributed by atoms with Crippen LogP contribution in [0.1, 0.15) is 46.0 Å². The van der Waals surface area contributed by atoms with Crippen molar-refractivity contribution in [1.29, 1.82) is 0 Å². The SMILES string of the molecule is CC(C)(O)C1CCN(C(=O)C2CCCC2)C1. The molecule has 2 fully saturated rings. The van der Waals surface area contributed by atoms with Crippen LogP contribution in [0.5, 0.6) is 0 Å². The quantitative estimate of drug-likeness (QED) is 0.778. The summed E-state index contributed by atoms with van der Waals surface area (Å²) in [5.74, 6) is 0.864. The third-order valence-corrected chi connectivity index (χ3v) is 4.20. The standard InChI is InChI=1S/C13H23NO2/c1-13(2,16)11-7-8-14(9-11)12(15)10-5-3-4-6-10/h10-11,16H,3-9H2,1-2H3. The van der Waals surface area contributed by atoms with Crippen LogP contribution < -0.4 is 0 Å². The summed E-state index contributed by atoms with van der Waals surface area (Å²) in [4.78, 5) is 14.1. The highest BCUT2D eigenvalue weighted by molar-refractivity contribution is 5.79. The molecule has 1 N–H and O–H groups in total. The van der Waals surface area contributed by atoms with Crippen LogP contribution in [0.25, 0.3) is 0 Å². The molecule has 1 heterocycles. The molecule has 1 amide bonds. The normalized spacial score (nSPS) is 27.7. The van der Waals surface area contributed by atoms with Crippen molar-refractivity contribution in [3.8, 4) is 0 Å². The van der Waals surface area contributed by atoms with Crippen LogP contribution in [-0.2, 0) is 4.79 Å². The zero-order valence-electron chi connectivity index (χ0n) is 10.4. The van der Waals surface area contributed by atoms with E-state index in [4.69, 9.17) is 0 Å². The number of carbonyl (C=O) groups excluding carboxylic acids is 1. The number of carbonyl (C=O) groups is 1. The lowest BCUT2D eigenvalue weighted by Gasteiger charge is -2.26. The van der Waals surface area contributed by atoms with Crippen molar-refractivity contribution in [2.75, 3.05) is 13.1 Å². The lowest BCUT2D eigenvalue weighted by molar-refractivity contribution is -0.134. The largest absolute Gasteiger partial charge is 0.390 e. The molecule has 0 radical (unpaired) electrons. The number of nitrogens with zero attached hydrogens (tertiary/aromatic N) is 1. The van der Waals surface area contributed by atoms with Crippen molar-refractivity contribution in [3.05, 3.63) is 0 Å². The molecule has 1 aliphatic heterocycles. The molecule has 0 spiro atoms. The van der Waals surface area contributed by atoms with Gasteiger partial charge in [-0.25, -0.2) is 0 Å². The molecule has 1 atom stereocenters. The van der Waals surface area contributed by atoms with E-state index in [0.29, 0.717) is 5.91 Å². The molecular weight excluding hydrogens is 202 g/mol. The number of likely N-dealkylation sites (tertiary alicyclic amines) is 1. The van der Waals surface area contributed by atoms with E-state index < -0.39 is 5.60 Å². The first kappa shape index (κ1) is 11.9. The molecule has 92 valence electrons. The Morgan fingerprint density at radius 2 is 1.88 bits per heavy atom. The average molecular weight is 225 g/mol. The summed E-state index contributed by atoms with van der Waals surface area (Å²) in [5, 5.41) is 9.94. The highest BCUT2D eigenvalue weighted by atomic mass is 16.3. The van der Waals surface area contributed by atoms with Crippen molar-refractivity contribution < 1.29 is 9.90 Å². The van der Waals surface area contributed by atoms with Crippen molar-refractivity contribution in [2.45, 2.75) is 51.6 Å². The topological polar surface area (TPSA) is 40.5 Å². The first-order chi connectivity index (χ1) is 7.48. The molecule has 2 aliphatic rings. The van der Waals surface area contributed by atoms with E-state index in [9.17, 15) is 9.90 Å². The van der Waals surface area contributed by atoms with Gasteiger partial charge in [0, 0.05) is 24.9 Å². The van der Waals surface area contributed by atoms with E-state index in [-0.39, 0.29) is 11.8 Å². The van der Waals surface area contributed by atoms with Gasteiger partial charge >= 0.3 is 0 Å². The molecule has 0 bridgehead atoms. The van der Waals surface area contributed by atoms with Crippen LogP contribution >= 0.6 is 0 Å². The monoisotopic (exact) mass is 225 g/mol. The second-order valence-electron chi connectivity index (χ2n) is 5.90. The van der Waals surface area contributed by atoms with Crippen LogP contribution in [0.15, 0.2) is 0 Å². The predicted octanol–water partition coefficient (Wildman–Crippen LogP) is 1.80. The summed E-state index contributed by atoms with van der Waals surface area (Å²) >= 11 is 0. The third kappa shape index (κ3) is 2.40. The second kappa shape index (κ2) is 4.36. The Morgan fingerprint density at radius 3 is 2.38 bits per heavy atom. The maximum atomic E-state index is 12.2. The smallest absolute Gasteiger partial charge is 0.225 e. The van der Waals surface area contributed by atoms with Gasteiger partial charge < -0.3 is 10.0 Å². The average Bonchev–Trinajstić information content (AvgIpc) is 2.87. The first-order valence-corrected chi connectivity index (χ1v) is 6.49. The Bertz CT molecular complexity index is 264. The van der Waals surface area contributed by atoms with Gasteiger partial charge in [-0.3, -0.25) is 4.79 Å². The van der Waals surface area contributed by atoms with Crippen LogP contribution in [0.2, 0.25) is 0 Å². The first-order valence-electron chi connectivity index (χ1n) is 6.49. The lowest BCUT2D eigenvalue weighted by atomic mass is 9.90. The van der Waals surface area contributed by atoms with E-state index in [1.165, 1.54) is 12.8 Å². The zero-order valence-corrected chi connectivity index (χ0v) is 10.4. The zero-order chi connectivity index (χ0) is 11.8. The van der Waals surface area contributed by atoms with Crippen molar-refractivity contribution >= 4 is 5.91 Å². The Hall–Kier alpha value is -0.570. The van der Waals surface area contributed by atoms with Crippen LogP contribution in [-0.4, -0.2) is 34.6 Å². The molecule has 1 saturated carbocycles. The van der Waals surface area contributed by atoms with Crippen molar-refractivity contribution in [3.63, 3.8) is 0 Å². The minimum Gasteiger partial charge on any atom is -0.390 e. The number of amides is 1. The van der Waals surface area contributed by atoms with Gasteiger partial charge in [-0.2, -0.15) is 0 Å². The van der Waals surface area contributed by atoms with E-state index in [2.05, 4.69) is 0 Å². The van der Waals surface area contributed by atoms with E-state index in [0.717, 1.165) is 32.4 Å². The molecule has 1 unspecified atom stereocenters. The Kier molecular flexibility index (Phi) is 3.24. The number of rotatable bonds is 2. The maximum Gasteiger partial charge on any atom is 0.225 e. The molecule has 0 aromatic carbocycles.